The molecule has 1 aromatic heterocycles. The fourth-order valence-electron chi connectivity index (χ4n) is 4.85. The number of aromatic hydroxyl groups is 1. The lowest BCUT2D eigenvalue weighted by Gasteiger charge is -2.38. The SMILES string of the molecule is O=C1Nc2cc(O)cc(F)c2C12CCN(c1nc3c(c(=O)[nH]1)CCCC3)CC2. The molecule has 0 unspecified atom stereocenters. The monoisotopic (exact) mass is 384 g/mol. The van der Waals surface area contributed by atoms with E-state index in [9.17, 15) is 19.1 Å². The standard InChI is InChI=1S/C20H21FN4O3/c21-13-9-11(26)10-15-16(13)20(18(28)22-15)5-7-25(8-6-20)19-23-14-4-2-1-3-12(14)17(27)24-19/h9-10,26H,1-8H2,(H,22,28)(H,23,24,27). The molecule has 2 aliphatic heterocycles. The van der Waals surface area contributed by atoms with E-state index in [4.69, 9.17) is 0 Å². The summed E-state index contributed by atoms with van der Waals surface area (Å²) in [5.74, 6) is -0.479. The molecule has 0 saturated carbocycles. The molecule has 2 aromatic rings. The average molecular weight is 384 g/mol. The van der Waals surface area contributed by atoms with Gasteiger partial charge in [-0.05, 0) is 38.5 Å². The predicted octanol–water partition coefficient (Wildman–Crippen LogP) is 1.98. The zero-order chi connectivity index (χ0) is 19.5. The van der Waals surface area contributed by atoms with Gasteiger partial charge in [-0.3, -0.25) is 14.6 Å². The van der Waals surface area contributed by atoms with Gasteiger partial charge < -0.3 is 15.3 Å². The van der Waals surface area contributed by atoms with Crippen LogP contribution < -0.4 is 15.8 Å². The number of halogens is 1. The maximum absolute atomic E-state index is 14.6. The third-order valence-electron chi connectivity index (χ3n) is 6.33. The molecule has 3 heterocycles. The Labute approximate surface area is 160 Å². The molecule has 1 spiro atoms. The van der Waals surface area contributed by atoms with Crippen molar-refractivity contribution in [2.24, 2.45) is 0 Å². The summed E-state index contributed by atoms with van der Waals surface area (Å²) in [6, 6.07) is 2.44. The van der Waals surface area contributed by atoms with E-state index in [1.165, 1.54) is 6.07 Å². The highest BCUT2D eigenvalue weighted by Crippen LogP contribution is 2.47. The van der Waals surface area contributed by atoms with Gasteiger partial charge in [0, 0.05) is 36.3 Å². The van der Waals surface area contributed by atoms with Gasteiger partial charge >= 0.3 is 0 Å². The third-order valence-corrected chi connectivity index (χ3v) is 6.33. The number of fused-ring (bicyclic) bond motifs is 3. The highest BCUT2D eigenvalue weighted by atomic mass is 19.1. The molecule has 5 rings (SSSR count). The lowest BCUT2D eigenvalue weighted by atomic mass is 9.73. The predicted molar refractivity (Wildman–Crippen MR) is 101 cm³/mol. The van der Waals surface area contributed by atoms with Gasteiger partial charge in [-0.15, -0.1) is 0 Å². The first-order valence-corrected chi connectivity index (χ1v) is 9.69. The molecule has 146 valence electrons. The van der Waals surface area contributed by atoms with Crippen molar-refractivity contribution >= 4 is 17.5 Å². The van der Waals surface area contributed by atoms with Crippen molar-refractivity contribution in [3.8, 4) is 5.75 Å². The van der Waals surface area contributed by atoms with Crippen LogP contribution >= 0.6 is 0 Å². The number of hydrogen-bond acceptors (Lipinski definition) is 5. The van der Waals surface area contributed by atoms with Crippen LogP contribution in [-0.2, 0) is 23.1 Å². The smallest absolute Gasteiger partial charge is 0.255 e. The van der Waals surface area contributed by atoms with Crippen LogP contribution in [0.4, 0.5) is 16.0 Å². The minimum absolute atomic E-state index is 0.0783. The second-order valence-electron chi connectivity index (χ2n) is 7.90. The van der Waals surface area contributed by atoms with Crippen LogP contribution in [0.15, 0.2) is 16.9 Å². The van der Waals surface area contributed by atoms with Crippen LogP contribution in [0.2, 0.25) is 0 Å². The molecular formula is C20H21FN4O3. The Bertz CT molecular complexity index is 1040. The van der Waals surface area contributed by atoms with E-state index < -0.39 is 11.2 Å². The Balaban J connectivity index is 1.44. The highest BCUT2D eigenvalue weighted by molar-refractivity contribution is 6.06. The number of piperidine rings is 1. The molecule has 28 heavy (non-hydrogen) atoms. The molecule has 0 radical (unpaired) electrons. The number of benzene rings is 1. The number of nitrogens with zero attached hydrogens (tertiary/aromatic N) is 2. The van der Waals surface area contributed by atoms with E-state index in [0.717, 1.165) is 43.0 Å². The molecular weight excluding hydrogens is 363 g/mol. The van der Waals surface area contributed by atoms with Gasteiger partial charge in [0.1, 0.15) is 11.6 Å². The van der Waals surface area contributed by atoms with Gasteiger partial charge in [0.05, 0.1) is 16.8 Å². The molecule has 1 aromatic carbocycles. The van der Waals surface area contributed by atoms with Gasteiger partial charge in [0.15, 0.2) is 0 Å². The van der Waals surface area contributed by atoms with Crippen LogP contribution in [0, 0.1) is 5.82 Å². The number of amides is 1. The minimum atomic E-state index is -0.946. The maximum atomic E-state index is 14.6. The maximum Gasteiger partial charge on any atom is 0.255 e. The number of phenols is 1. The zero-order valence-corrected chi connectivity index (χ0v) is 15.3. The first-order valence-electron chi connectivity index (χ1n) is 9.69. The van der Waals surface area contributed by atoms with Gasteiger partial charge in [-0.1, -0.05) is 0 Å². The van der Waals surface area contributed by atoms with Crippen molar-refractivity contribution in [2.45, 2.75) is 43.9 Å². The fourth-order valence-corrected chi connectivity index (χ4v) is 4.85. The molecule has 1 amide bonds. The Morgan fingerprint density at radius 3 is 2.68 bits per heavy atom. The zero-order valence-electron chi connectivity index (χ0n) is 15.3. The van der Waals surface area contributed by atoms with Gasteiger partial charge in [0.25, 0.3) is 5.56 Å². The third kappa shape index (κ3) is 2.43. The van der Waals surface area contributed by atoms with Crippen molar-refractivity contribution in [1.82, 2.24) is 9.97 Å². The summed E-state index contributed by atoms with van der Waals surface area (Å²) in [4.78, 5) is 34.6. The summed E-state index contributed by atoms with van der Waals surface area (Å²) in [6.07, 6.45) is 4.45. The lowest BCUT2D eigenvalue weighted by molar-refractivity contribution is -0.121. The Hall–Kier alpha value is -2.90. The largest absolute Gasteiger partial charge is 0.508 e. The fraction of sp³-hybridized carbons (Fsp3) is 0.450. The molecule has 3 N–H and O–H groups in total. The van der Waals surface area contributed by atoms with Gasteiger partial charge in [-0.2, -0.15) is 0 Å². The summed E-state index contributed by atoms with van der Waals surface area (Å²) in [6.45, 7) is 0.962. The normalized spacial score (nSPS) is 20.0. The first-order chi connectivity index (χ1) is 13.5. The van der Waals surface area contributed by atoms with E-state index in [0.29, 0.717) is 43.1 Å². The van der Waals surface area contributed by atoms with Crippen molar-refractivity contribution in [3.05, 3.63) is 45.1 Å². The summed E-state index contributed by atoms with van der Waals surface area (Å²) < 4.78 is 14.6. The Kier molecular flexibility index (Phi) is 3.72. The summed E-state index contributed by atoms with van der Waals surface area (Å²) in [5.41, 5.74) is 1.31. The van der Waals surface area contributed by atoms with Crippen molar-refractivity contribution in [1.29, 1.82) is 0 Å². The number of nitrogens with one attached hydrogen (secondary N) is 2. The molecule has 1 saturated heterocycles. The number of hydrogen-bond donors (Lipinski definition) is 3. The summed E-state index contributed by atoms with van der Waals surface area (Å²) in [5, 5.41) is 12.3. The van der Waals surface area contributed by atoms with Crippen molar-refractivity contribution in [3.63, 3.8) is 0 Å². The quantitative estimate of drug-likeness (QED) is 0.698. The molecule has 8 heteroatoms. The average Bonchev–Trinajstić information content (AvgIpc) is 2.93. The lowest BCUT2D eigenvalue weighted by Crippen LogP contribution is -2.47. The number of H-pyrrole nitrogens is 1. The molecule has 0 atom stereocenters. The van der Waals surface area contributed by atoms with Crippen LogP contribution in [-0.4, -0.2) is 34.1 Å². The number of aromatic amines is 1. The van der Waals surface area contributed by atoms with Crippen molar-refractivity contribution in [2.75, 3.05) is 23.3 Å². The number of aryl methyl sites for hydroxylation is 1. The van der Waals surface area contributed by atoms with Crippen LogP contribution in [0.3, 0.4) is 0 Å². The number of anilines is 2. The highest BCUT2D eigenvalue weighted by Gasteiger charge is 2.50. The Morgan fingerprint density at radius 2 is 1.89 bits per heavy atom. The molecule has 0 bridgehead atoms. The van der Waals surface area contributed by atoms with Gasteiger partial charge in [-0.25, -0.2) is 9.37 Å². The second-order valence-corrected chi connectivity index (χ2v) is 7.90. The van der Waals surface area contributed by atoms with E-state index in [1.807, 2.05) is 4.90 Å². The van der Waals surface area contributed by atoms with Crippen LogP contribution in [0.5, 0.6) is 5.75 Å². The van der Waals surface area contributed by atoms with Crippen LogP contribution in [0.25, 0.3) is 0 Å². The summed E-state index contributed by atoms with van der Waals surface area (Å²) >= 11 is 0. The number of phenolic OH excluding ortho intramolecular Hbond substituents is 1. The second kappa shape index (κ2) is 6.05. The number of rotatable bonds is 1. The van der Waals surface area contributed by atoms with Crippen molar-refractivity contribution < 1.29 is 14.3 Å². The van der Waals surface area contributed by atoms with E-state index in [1.54, 1.807) is 0 Å². The molecule has 1 aliphatic carbocycles. The number of aromatic nitrogens is 2. The molecule has 1 fully saturated rings. The molecule has 7 nitrogen and oxygen atoms in total. The minimum Gasteiger partial charge on any atom is -0.508 e. The number of carbonyl (C=O) groups excluding carboxylic acids is 1. The first kappa shape index (κ1) is 17.2. The number of carbonyl (C=O) groups is 1. The Morgan fingerprint density at radius 1 is 1.14 bits per heavy atom. The summed E-state index contributed by atoms with van der Waals surface area (Å²) in [7, 11) is 0. The van der Waals surface area contributed by atoms with Gasteiger partial charge in [0.2, 0.25) is 11.9 Å². The van der Waals surface area contributed by atoms with Crippen LogP contribution in [0.1, 0.15) is 42.5 Å². The van der Waals surface area contributed by atoms with E-state index in [-0.39, 0.29) is 17.2 Å². The molecule has 3 aliphatic rings. The van der Waals surface area contributed by atoms with E-state index in [2.05, 4.69) is 15.3 Å². The van der Waals surface area contributed by atoms with E-state index >= 15 is 0 Å². The topological polar surface area (TPSA) is 98.3 Å².